The lowest BCUT2D eigenvalue weighted by molar-refractivity contribution is -0.149. The molecule has 0 spiro atoms. The van der Waals surface area contributed by atoms with E-state index in [-0.39, 0.29) is 30.9 Å². The number of ether oxygens (including phenoxy) is 2. The molecule has 1 amide bonds. The maximum absolute atomic E-state index is 14.1. The summed E-state index contributed by atoms with van der Waals surface area (Å²) in [7, 11) is 0. The molecule has 0 aromatic heterocycles. The third-order valence-electron chi connectivity index (χ3n) is 4.40. The number of esters is 1. The molecule has 0 fully saturated rings. The van der Waals surface area contributed by atoms with E-state index in [1.807, 2.05) is 20.8 Å². The molecular formula is C23H32FNO4. The van der Waals surface area contributed by atoms with Crippen LogP contribution in [0.4, 0.5) is 9.18 Å². The maximum atomic E-state index is 14.1. The predicted molar refractivity (Wildman–Crippen MR) is 111 cm³/mol. The van der Waals surface area contributed by atoms with Gasteiger partial charge in [0.05, 0.1) is 12.5 Å². The van der Waals surface area contributed by atoms with Crippen molar-refractivity contribution in [3.63, 3.8) is 0 Å². The number of hydrogen-bond acceptors (Lipinski definition) is 4. The van der Waals surface area contributed by atoms with Crippen molar-refractivity contribution < 1.29 is 23.5 Å². The van der Waals surface area contributed by atoms with Gasteiger partial charge in [0.1, 0.15) is 11.4 Å². The van der Waals surface area contributed by atoms with E-state index in [0.29, 0.717) is 16.7 Å². The van der Waals surface area contributed by atoms with E-state index in [4.69, 9.17) is 9.47 Å². The summed E-state index contributed by atoms with van der Waals surface area (Å²) in [5.41, 5.74) is 1.00. The average Bonchev–Trinajstić information content (AvgIpc) is 2.59. The first-order valence-corrected chi connectivity index (χ1v) is 9.88. The topological polar surface area (TPSA) is 55.8 Å². The van der Waals surface area contributed by atoms with Crippen molar-refractivity contribution in [3.05, 3.63) is 41.2 Å². The summed E-state index contributed by atoms with van der Waals surface area (Å²) in [6.07, 6.45) is 1.29. The lowest BCUT2D eigenvalue weighted by Crippen LogP contribution is -2.44. The quantitative estimate of drug-likeness (QED) is 0.666. The summed E-state index contributed by atoms with van der Waals surface area (Å²) in [4.78, 5) is 26.9. The van der Waals surface area contributed by atoms with Gasteiger partial charge in [-0.15, -0.1) is 0 Å². The Morgan fingerprint density at radius 2 is 1.83 bits per heavy atom. The Morgan fingerprint density at radius 3 is 2.38 bits per heavy atom. The third kappa shape index (κ3) is 6.58. The van der Waals surface area contributed by atoms with Crippen molar-refractivity contribution in [1.82, 2.24) is 4.90 Å². The SMILES string of the molecule is Cc1ccc(C2=CCN(C(=O)OC(C)(C)C)C[C@@H]2C(=O)OCC(C)(C)C)cc1F. The van der Waals surface area contributed by atoms with Gasteiger partial charge in [0.15, 0.2) is 0 Å². The monoisotopic (exact) mass is 405 g/mol. The van der Waals surface area contributed by atoms with Crippen LogP contribution in [0.2, 0.25) is 0 Å². The Hall–Kier alpha value is -2.37. The van der Waals surface area contributed by atoms with Crippen LogP contribution in [0.1, 0.15) is 52.7 Å². The van der Waals surface area contributed by atoms with Gasteiger partial charge in [-0.1, -0.05) is 39.0 Å². The van der Waals surface area contributed by atoms with Crippen LogP contribution in [0, 0.1) is 24.1 Å². The zero-order chi connectivity index (χ0) is 22.0. The fourth-order valence-corrected chi connectivity index (χ4v) is 2.90. The highest BCUT2D eigenvalue weighted by Crippen LogP contribution is 2.31. The summed E-state index contributed by atoms with van der Waals surface area (Å²) in [6, 6.07) is 4.90. The Morgan fingerprint density at radius 1 is 1.17 bits per heavy atom. The van der Waals surface area contributed by atoms with Gasteiger partial charge in [0.2, 0.25) is 0 Å². The number of benzene rings is 1. The van der Waals surface area contributed by atoms with E-state index in [2.05, 4.69) is 0 Å². The number of rotatable bonds is 3. The molecule has 1 atom stereocenters. The fraction of sp³-hybridized carbons (Fsp3) is 0.565. The highest BCUT2D eigenvalue weighted by atomic mass is 19.1. The Kier molecular flexibility index (Phi) is 6.76. The van der Waals surface area contributed by atoms with E-state index in [0.717, 1.165) is 0 Å². The van der Waals surface area contributed by atoms with E-state index in [1.54, 1.807) is 45.9 Å². The molecule has 1 aromatic rings. The van der Waals surface area contributed by atoms with E-state index in [1.165, 1.54) is 11.0 Å². The molecule has 0 radical (unpaired) electrons. The highest BCUT2D eigenvalue weighted by Gasteiger charge is 2.35. The molecule has 2 rings (SSSR count). The summed E-state index contributed by atoms with van der Waals surface area (Å²) < 4.78 is 25.1. The summed E-state index contributed by atoms with van der Waals surface area (Å²) >= 11 is 0. The molecule has 160 valence electrons. The largest absolute Gasteiger partial charge is 0.465 e. The second-order valence-electron chi connectivity index (χ2n) is 9.73. The number of amides is 1. The predicted octanol–water partition coefficient (Wildman–Crippen LogP) is 4.97. The fourth-order valence-electron chi connectivity index (χ4n) is 2.90. The van der Waals surface area contributed by atoms with E-state index >= 15 is 0 Å². The number of nitrogens with zero attached hydrogens (tertiary/aromatic N) is 1. The zero-order valence-electron chi connectivity index (χ0n) is 18.5. The van der Waals surface area contributed by atoms with Crippen molar-refractivity contribution in [2.75, 3.05) is 19.7 Å². The van der Waals surface area contributed by atoms with Crippen LogP contribution < -0.4 is 0 Å². The van der Waals surface area contributed by atoms with Crippen molar-refractivity contribution in [3.8, 4) is 0 Å². The molecule has 1 aromatic carbocycles. The van der Waals surface area contributed by atoms with Gasteiger partial charge >= 0.3 is 12.1 Å². The molecule has 1 aliphatic rings. The van der Waals surface area contributed by atoms with Crippen LogP contribution in [-0.2, 0) is 14.3 Å². The maximum Gasteiger partial charge on any atom is 0.410 e. The van der Waals surface area contributed by atoms with Crippen LogP contribution >= 0.6 is 0 Å². The van der Waals surface area contributed by atoms with Gasteiger partial charge in [-0.2, -0.15) is 0 Å². The Bertz CT molecular complexity index is 802. The number of carbonyl (C=O) groups excluding carboxylic acids is 2. The number of aryl methyl sites for hydroxylation is 1. The lowest BCUT2D eigenvalue weighted by Gasteiger charge is -2.34. The molecule has 5 nitrogen and oxygen atoms in total. The number of halogens is 1. The molecular weight excluding hydrogens is 373 g/mol. The minimum absolute atomic E-state index is 0.124. The van der Waals surface area contributed by atoms with Gasteiger partial charge in [-0.25, -0.2) is 9.18 Å². The second kappa shape index (κ2) is 8.56. The first-order valence-electron chi connectivity index (χ1n) is 9.88. The van der Waals surface area contributed by atoms with E-state index in [9.17, 15) is 14.0 Å². The highest BCUT2D eigenvalue weighted by molar-refractivity contribution is 5.90. The normalized spacial score (nSPS) is 17.6. The molecule has 0 bridgehead atoms. The average molecular weight is 406 g/mol. The lowest BCUT2D eigenvalue weighted by atomic mass is 9.88. The van der Waals surface area contributed by atoms with Gasteiger partial charge in [0, 0.05) is 13.1 Å². The molecule has 1 aliphatic heterocycles. The smallest absolute Gasteiger partial charge is 0.410 e. The van der Waals surface area contributed by atoms with Crippen molar-refractivity contribution in [2.24, 2.45) is 11.3 Å². The van der Waals surface area contributed by atoms with Crippen LogP contribution in [0.15, 0.2) is 24.3 Å². The first-order chi connectivity index (χ1) is 13.3. The Balaban J connectivity index is 2.31. The van der Waals surface area contributed by atoms with Crippen LogP contribution in [0.25, 0.3) is 5.57 Å². The molecule has 0 N–H and O–H groups in total. The summed E-state index contributed by atoms with van der Waals surface area (Å²) in [6.45, 7) is 13.6. The van der Waals surface area contributed by atoms with Crippen molar-refractivity contribution in [2.45, 2.75) is 54.1 Å². The zero-order valence-corrected chi connectivity index (χ0v) is 18.5. The molecule has 6 heteroatoms. The van der Waals surface area contributed by atoms with Crippen molar-refractivity contribution >= 4 is 17.6 Å². The minimum Gasteiger partial charge on any atom is -0.465 e. The van der Waals surface area contributed by atoms with Crippen molar-refractivity contribution in [1.29, 1.82) is 0 Å². The van der Waals surface area contributed by atoms with E-state index < -0.39 is 23.6 Å². The molecule has 1 heterocycles. The molecule has 0 saturated carbocycles. The number of hydrogen-bond donors (Lipinski definition) is 0. The van der Waals surface area contributed by atoms with Gasteiger partial charge in [0.25, 0.3) is 0 Å². The Labute approximate surface area is 172 Å². The third-order valence-corrected chi connectivity index (χ3v) is 4.40. The molecule has 29 heavy (non-hydrogen) atoms. The van der Waals surface area contributed by atoms with Gasteiger partial charge in [-0.3, -0.25) is 4.79 Å². The summed E-state index contributed by atoms with van der Waals surface area (Å²) in [5, 5.41) is 0. The van der Waals surface area contributed by atoms with Crippen LogP contribution in [0.3, 0.4) is 0 Å². The molecule has 0 unspecified atom stereocenters. The van der Waals surface area contributed by atoms with Crippen LogP contribution in [-0.4, -0.2) is 42.3 Å². The van der Waals surface area contributed by atoms with Gasteiger partial charge < -0.3 is 14.4 Å². The van der Waals surface area contributed by atoms with Crippen LogP contribution in [0.5, 0.6) is 0 Å². The molecule has 0 aliphatic carbocycles. The minimum atomic E-state index is -0.708. The first kappa shape index (κ1) is 22.9. The summed E-state index contributed by atoms with van der Waals surface area (Å²) in [5.74, 6) is -1.47. The standard InChI is InChI=1S/C23H32FNO4/c1-15-8-9-16(12-19(15)24)17-10-11-25(21(27)29-23(5,6)7)13-18(17)20(26)28-14-22(2,3)4/h8-10,12,18H,11,13-14H2,1-7H3/t18-/m0/s1. The second-order valence-corrected chi connectivity index (χ2v) is 9.73. The van der Waals surface area contributed by atoms with Gasteiger partial charge in [-0.05, 0) is 55.9 Å². The molecule has 0 saturated heterocycles. The number of carbonyl (C=O) groups is 2.